The number of hydrogen-bond acceptors (Lipinski definition) is 4. The van der Waals surface area contributed by atoms with Gasteiger partial charge in [0.25, 0.3) is 0 Å². The Hall–Kier alpha value is -2.40. The summed E-state index contributed by atoms with van der Waals surface area (Å²) in [6, 6.07) is 12.7. The van der Waals surface area contributed by atoms with Crippen molar-refractivity contribution in [2.45, 2.75) is 20.0 Å². The van der Waals surface area contributed by atoms with E-state index in [-0.39, 0.29) is 0 Å². The van der Waals surface area contributed by atoms with E-state index in [9.17, 15) is 0 Å². The second-order valence-corrected chi connectivity index (χ2v) is 6.25. The molecular formula is C19H23N5. The number of pyridine rings is 1. The third kappa shape index (κ3) is 2.87. The summed E-state index contributed by atoms with van der Waals surface area (Å²) in [5.41, 5.74) is 3.68. The molecule has 2 aromatic heterocycles. The normalized spacial score (nSPS) is 16.0. The molecule has 1 aromatic carbocycles. The van der Waals surface area contributed by atoms with Crippen LogP contribution in [0, 0.1) is 0 Å². The summed E-state index contributed by atoms with van der Waals surface area (Å²) in [6.45, 7) is 8.31. The van der Waals surface area contributed by atoms with Gasteiger partial charge in [-0.05, 0) is 25.1 Å². The maximum absolute atomic E-state index is 4.47. The van der Waals surface area contributed by atoms with Crippen LogP contribution in [-0.2, 0) is 13.1 Å². The zero-order valence-electron chi connectivity index (χ0n) is 14.1. The monoisotopic (exact) mass is 321 g/mol. The predicted molar refractivity (Wildman–Crippen MR) is 97.1 cm³/mol. The highest BCUT2D eigenvalue weighted by Crippen LogP contribution is 2.26. The van der Waals surface area contributed by atoms with Gasteiger partial charge in [-0.1, -0.05) is 18.2 Å². The second kappa shape index (κ2) is 6.61. The van der Waals surface area contributed by atoms with Gasteiger partial charge in [-0.25, -0.2) is 0 Å². The van der Waals surface area contributed by atoms with Gasteiger partial charge in [0.05, 0.1) is 11.2 Å². The molecule has 24 heavy (non-hydrogen) atoms. The summed E-state index contributed by atoms with van der Waals surface area (Å²) < 4.78 is 2.09. The van der Waals surface area contributed by atoms with Crippen molar-refractivity contribution in [1.82, 2.24) is 19.7 Å². The molecule has 1 saturated heterocycles. The lowest BCUT2D eigenvalue weighted by atomic mass is 10.1. The van der Waals surface area contributed by atoms with Crippen molar-refractivity contribution >= 4 is 16.6 Å². The van der Waals surface area contributed by atoms with Gasteiger partial charge in [0, 0.05) is 62.7 Å². The summed E-state index contributed by atoms with van der Waals surface area (Å²) in [5, 5.41) is 5.62. The van der Waals surface area contributed by atoms with Crippen LogP contribution in [0.1, 0.15) is 12.6 Å². The molecule has 0 unspecified atom stereocenters. The molecular weight excluding hydrogens is 298 g/mol. The second-order valence-electron chi connectivity index (χ2n) is 6.25. The zero-order chi connectivity index (χ0) is 16.4. The van der Waals surface area contributed by atoms with Gasteiger partial charge in [0.1, 0.15) is 0 Å². The fourth-order valence-electron chi connectivity index (χ4n) is 3.51. The van der Waals surface area contributed by atoms with Crippen molar-refractivity contribution in [3.8, 4) is 0 Å². The SMILES string of the molecule is CCn1nccc1CN1CCN(c2ccnc3ccccc23)CC1. The zero-order valence-corrected chi connectivity index (χ0v) is 14.1. The maximum atomic E-state index is 4.47. The number of rotatable bonds is 4. The number of fused-ring (bicyclic) bond motifs is 1. The maximum Gasteiger partial charge on any atom is 0.0722 e. The Balaban J connectivity index is 1.46. The highest BCUT2D eigenvalue weighted by molar-refractivity contribution is 5.91. The van der Waals surface area contributed by atoms with E-state index in [1.807, 2.05) is 18.5 Å². The Labute approximate surface area is 142 Å². The number of hydrogen-bond donors (Lipinski definition) is 0. The van der Waals surface area contributed by atoms with Crippen LogP contribution >= 0.6 is 0 Å². The minimum atomic E-state index is 0.936. The van der Waals surface area contributed by atoms with Gasteiger partial charge in [0.15, 0.2) is 0 Å². The smallest absolute Gasteiger partial charge is 0.0722 e. The van der Waals surface area contributed by atoms with Crippen molar-refractivity contribution in [1.29, 1.82) is 0 Å². The Morgan fingerprint density at radius 1 is 0.958 bits per heavy atom. The molecule has 3 heterocycles. The van der Waals surface area contributed by atoms with Crippen LogP contribution in [0.25, 0.3) is 10.9 Å². The van der Waals surface area contributed by atoms with Crippen LogP contribution in [0.4, 0.5) is 5.69 Å². The molecule has 5 nitrogen and oxygen atoms in total. The van der Waals surface area contributed by atoms with E-state index < -0.39 is 0 Å². The van der Waals surface area contributed by atoms with Crippen molar-refractivity contribution in [3.05, 3.63) is 54.5 Å². The molecule has 1 aliphatic rings. The average Bonchev–Trinajstić information content (AvgIpc) is 3.09. The van der Waals surface area contributed by atoms with Gasteiger partial charge in [-0.2, -0.15) is 5.10 Å². The Bertz CT molecular complexity index is 812. The number of piperazine rings is 1. The molecule has 3 aromatic rings. The quantitative estimate of drug-likeness (QED) is 0.740. The van der Waals surface area contributed by atoms with Gasteiger partial charge in [-0.3, -0.25) is 14.6 Å². The van der Waals surface area contributed by atoms with Crippen LogP contribution < -0.4 is 4.90 Å². The molecule has 0 amide bonds. The third-order valence-electron chi connectivity index (χ3n) is 4.83. The molecule has 0 bridgehead atoms. The van der Waals surface area contributed by atoms with Gasteiger partial charge in [0.2, 0.25) is 0 Å². The largest absolute Gasteiger partial charge is 0.368 e. The first-order valence-corrected chi connectivity index (χ1v) is 8.67. The van der Waals surface area contributed by atoms with E-state index in [0.29, 0.717) is 0 Å². The van der Waals surface area contributed by atoms with Gasteiger partial charge >= 0.3 is 0 Å². The summed E-state index contributed by atoms with van der Waals surface area (Å²) in [7, 11) is 0. The molecule has 0 spiro atoms. The summed E-state index contributed by atoms with van der Waals surface area (Å²) in [6.07, 6.45) is 3.82. The minimum absolute atomic E-state index is 0.936. The lowest BCUT2D eigenvalue weighted by molar-refractivity contribution is 0.243. The van der Waals surface area contributed by atoms with Crippen LogP contribution in [0.2, 0.25) is 0 Å². The predicted octanol–water partition coefficient (Wildman–Crippen LogP) is 2.77. The standard InChI is InChI=1S/C19H23N5/c1-2-24-16(7-10-21-24)15-22-11-13-23(14-12-22)19-8-9-20-18-6-4-3-5-17(18)19/h3-10H,2,11-15H2,1H3. The Morgan fingerprint density at radius 2 is 1.79 bits per heavy atom. The minimum Gasteiger partial charge on any atom is -0.368 e. The molecule has 4 rings (SSSR count). The van der Waals surface area contributed by atoms with Gasteiger partial charge in [-0.15, -0.1) is 0 Å². The number of nitrogens with zero attached hydrogens (tertiary/aromatic N) is 5. The van der Waals surface area contributed by atoms with Crippen molar-refractivity contribution in [2.24, 2.45) is 0 Å². The molecule has 0 radical (unpaired) electrons. The van der Waals surface area contributed by atoms with E-state index >= 15 is 0 Å². The summed E-state index contributed by atoms with van der Waals surface area (Å²) in [5.74, 6) is 0. The Morgan fingerprint density at radius 3 is 2.62 bits per heavy atom. The highest BCUT2D eigenvalue weighted by Gasteiger charge is 2.19. The fraction of sp³-hybridized carbons (Fsp3) is 0.368. The van der Waals surface area contributed by atoms with Crippen molar-refractivity contribution < 1.29 is 0 Å². The number of aryl methyl sites for hydroxylation is 1. The summed E-state index contributed by atoms with van der Waals surface area (Å²) in [4.78, 5) is 9.47. The van der Waals surface area contributed by atoms with E-state index in [1.165, 1.54) is 16.8 Å². The van der Waals surface area contributed by atoms with Crippen LogP contribution in [0.3, 0.4) is 0 Å². The number of anilines is 1. The van der Waals surface area contributed by atoms with E-state index in [2.05, 4.69) is 61.8 Å². The first-order valence-electron chi connectivity index (χ1n) is 8.67. The van der Waals surface area contributed by atoms with E-state index in [0.717, 1.165) is 44.8 Å². The molecule has 0 aliphatic carbocycles. The Kier molecular flexibility index (Phi) is 4.17. The number of para-hydroxylation sites is 1. The van der Waals surface area contributed by atoms with Crippen molar-refractivity contribution in [2.75, 3.05) is 31.1 Å². The lowest BCUT2D eigenvalue weighted by Crippen LogP contribution is -2.46. The molecule has 5 heteroatoms. The molecule has 0 N–H and O–H groups in total. The topological polar surface area (TPSA) is 37.2 Å². The van der Waals surface area contributed by atoms with E-state index in [4.69, 9.17) is 0 Å². The molecule has 1 fully saturated rings. The molecule has 0 saturated carbocycles. The van der Waals surface area contributed by atoms with Crippen LogP contribution in [0.15, 0.2) is 48.8 Å². The summed E-state index contributed by atoms with van der Waals surface area (Å²) >= 11 is 0. The molecule has 124 valence electrons. The van der Waals surface area contributed by atoms with Gasteiger partial charge < -0.3 is 4.90 Å². The first kappa shape index (κ1) is 15.1. The molecule has 1 aliphatic heterocycles. The van der Waals surface area contributed by atoms with Crippen LogP contribution in [0.5, 0.6) is 0 Å². The highest BCUT2D eigenvalue weighted by atomic mass is 15.3. The number of aromatic nitrogens is 3. The fourth-order valence-corrected chi connectivity index (χ4v) is 3.51. The lowest BCUT2D eigenvalue weighted by Gasteiger charge is -2.36. The van der Waals surface area contributed by atoms with Crippen LogP contribution in [-0.4, -0.2) is 45.8 Å². The van der Waals surface area contributed by atoms with Crippen molar-refractivity contribution in [3.63, 3.8) is 0 Å². The van der Waals surface area contributed by atoms with E-state index in [1.54, 1.807) is 0 Å². The number of benzene rings is 1. The third-order valence-corrected chi connectivity index (χ3v) is 4.83. The average molecular weight is 321 g/mol. The first-order chi connectivity index (χ1) is 11.8. The molecule has 0 atom stereocenters.